The first-order valence-corrected chi connectivity index (χ1v) is 7.10. The van der Waals surface area contributed by atoms with E-state index >= 15 is 0 Å². The molecule has 1 saturated carbocycles. The average molecular weight is 241 g/mol. The zero-order chi connectivity index (χ0) is 12.6. The lowest BCUT2D eigenvalue weighted by Crippen LogP contribution is -2.31. The molecule has 1 aliphatic rings. The number of carbonyl (C=O) groups excluding carboxylic acids is 1. The van der Waals surface area contributed by atoms with Gasteiger partial charge in [-0.15, -0.1) is 0 Å². The number of carbonyl (C=O) groups is 1. The largest absolute Gasteiger partial charge is 0.396 e. The van der Waals surface area contributed by atoms with Gasteiger partial charge in [-0.2, -0.15) is 0 Å². The first-order chi connectivity index (χ1) is 8.22. The smallest absolute Gasteiger partial charge is 0.220 e. The van der Waals surface area contributed by atoms with Crippen molar-refractivity contribution in [2.75, 3.05) is 13.2 Å². The third-order valence-corrected chi connectivity index (χ3v) is 3.71. The molecule has 0 aliphatic heterocycles. The number of nitrogens with one attached hydrogen (secondary N) is 1. The third-order valence-electron chi connectivity index (χ3n) is 3.71. The Balaban J connectivity index is 1.91. The molecule has 0 heterocycles. The van der Waals surface area contributed by atoms with Crippen molar-refractivity contribution in [2.24, 2.45) is 5.41 Å². The summed E-state index contributed by atoms with van der Waals surface area (Å²) in [5.41, 5.74) is 0.0385. The predicted molar refractivity (Wildman–Crippen MR) is 69.8 cm³/mol. The molecule has 0 unspecified atom stereocenters. The molecule has 0 radical (unpaired) electrons. The van der Waals surface area contributed by atoms with Gasteiger partial charge in [0.05, 0.1) is 6.61 Å². The van der Waals surface area contributed by atoms with Crippen LogP contribution in [0.15, 0.2) is 0 Å². The number of amides is 1. The van der Waals surface area contributed by atoms with E-state index in [-0.39, 0.29) is 17.9 Å². The molecule has 0 atom stereocenters. The molecule has 100 valence electrons. The Morgan fingerprint density at radius 1 is 1.18 bits per heavy atom. The fourth-order valence-corrected chi connectivity index (χ4v) is 2.01. The predicted octanol–water partition coefficient (Wildman–Crippen LogP) is 2.63. The summed E-state index contributed by atoms with van der Waals surface area (Å²) in [5.74, 6) is 0.153. The number of hydrogen-bond acceptors (Lipinski definition) is 2. The van der Waals surface area contributed by atoms with Crippen molar-refractivity contribution in [3.63, 3.8) is 0 Å². The summed E-state index contributed by atoms with van der Waals surface area (Å²) in [6, 6.07) is 0. The van der Waals surface area contributed by atoms with E-state index in [1.54, 1.807) is 0 Å². The molecule has 1 rings (SSSR count). The third kappa shape index (κ3) is 6.06. The molecule has 0 spiro atoms. The molecular formula is C14H27NO2. The summed E-state index contributed by atoms with van der Waals surface area (Å²) in [7, 11) is 0. The molecule has 0 bridgehead atoms. The SMILES string of the molecule is CCCCCCCCC(=O)NCC1(CO)CC1. The van der Waals surface area contributed by atoms with Crippen molar-refractivity contribution >= 4 is 5.91 Å². The first kappa shape index (κ1) is 14.5. The summed E-state index contributed by atoms with van der Waals surface area (Å²) < 4.78 is 0. The second kappa shape index (κ2) is 7.70. The van der Waals surface area contributed by atoms with E-state index < -0.39 is 0 Å². The van der Waals surface area contributed by atoms with Crippen LogP contribution in [0, 0.1) is 5.41 Å². The van der Waals surface area contributed by atoms with Crippen molar-refractivity contribution in [3.05, 3.63) is 0 Å². The number of unbranched alkanes of at least 4 members (excludes halogenated alkanes) is 5. The van der Waals surface area contributed by atoms with Gasteiger partial charge in [0, 0.05) is 18.4 Å². The Bertz CT molecular complexity index is 224. The lowest BCUT2D eigenvalue weighted by atomic mass is 10.1. The molecule has 3 heteroatoms. The van der Waals surface area contributed by atoms with Gasteiger partial charge < -0.3 is 10.4 Å². The van der Waals surface area contributed by atoms with E-state index in [4.69, 9.17) is 5.11 Å². The summed E-state index contributed by atoms with van der Waals surface area (Å²) >= 11 is 0. The lowest BCUT2D eigenvalue weighted by Gasteiger charge is -2.12. The van der Waals surface area contributed by atoms with Gasteiger partial charge in [-0.25, -0.2) is 0 Å². The van der Waals surface area contributed by atoms with Crippen molar-refractivity contribution in [1.29, 1.82) is 0 Å². The van der Waals surface area contributed by atoms with Gasteiger partial charge in [0.25, 0.3) is 0 Å². The van der Waals surface area contributed by atoms with Crippen LogP contribution < -0.4 is 5.32 Å². The van der Waals surface area contributed by atoms with E-state index in [1.807, 2.05) is 0 Å². The standard InChI is InChI=1S/C14H27NO2/c1-2-3-4-5-6-7-8-13(17)15-11-14(12-16)9-10-14/h16H,2-12H2,1H3,(H,15,17). The molecule has 1 amide bonds. The van der Waals surface area contributed by atoms with Gasteiger partial charge in [0.15, 0.2) is 0 Å². The maximum atomic E-state index is 11.5. The van der Waals surface area contributed by atoms with Gasteiger partial charge in [-0.1, -0.05) is 39.0 Å². The fraction of sp³-hybridized carbons (Fsp3) is 0.929. The number of rotatable bonds is 10. The molecule has 0 aromatic heterocycles. The molecule has 1 aliphatic carbocycles. The van der Waals surface area contributed by atoms with Crippen LogP contribution in [0.5, 0.6) is 0 Å². The Hall–Kier alpha value is -0.570. The van der Waals surface area contributed by atoms with Crippen LogP contribution in [0.1, 0.15) is 64.7 Å². The number of hydrogen-bond donors (Lipinski definition) is 2. The van der Waals surface area contributed by atoms with E-state index in [2.05, 4.69) is 12.2 Å². The number of aliphatic hydroxyl groups is 1. The average Bonchev–Trinajstić information content (AvgIpc) is 3.12. The zero-order valence-electron chi connectivity index (χ0n) is 11.1. The van der Waals surface area contributed by atoms with Crippen LogP contribution in [0.2, 0.25) is 0 Å². The van der Waals surface area contributed by atoms with E-state index in [1.165, 1.54) is 32.1 Å². The Kier molecular flexibility index (Phi) is 6.56. The highest BCUT2D eigenvalue weighted by atomic mass is 16.3. The van der Waals surface area contributed by atoms with Crippen molar-refractivity contribution < 1.29 is 9.90 Å². The molecule has 2 N–H and O–H groups in total. The molecule has 3 nitrogen and oxygen atoms in total. The maximum absolute atomic E-state index is 11.5. The van der Waals surface area contributed by atoms with E-state index in [0.29, 0.717) is 13.0 Å². The highest BCUT2D eigenvalue weighted by molar-refractivity contribution is 5.75. The van der Waals surface area contributed by atoms with E-state index in [9.17, 15) is 4.79 Å². The molecule has 0 saturated heterocycles. The van der Waals surface area contributed by atoms with Crippen molar-refractivity contribution in [1.82, 2.24) is 5.32 Å². The second-order valence-electron chi connectivity index (χ2n) is 5.45. The Morgan fingerprint density at radius 2 is 1.82 bits per heavy atom. The zero-order valence-corrected chi connectivity index (χ0v) is 11.1. The van der Waals surface area contributed by atoms with Crippen LogP contribution in [0.4, 0.5) is 0 Å². The molecular weight excluding hydrogens is 214 g/mol. The normalized spacial score (nSPS) is 16.8. The molecule has 1 fully saturated rings. The minimum atomic E-state index is 0.0385. The van der Waals surface area contributed by atoms with Crippen LogP contribution in [0.3, 0.4) is 0 Å². The van der Waals surface area contributed by atoms with E-state index in [0.717, 1.165) is 19.3 Å². The first-order valence-electron chi connectivity index (χ1n) is 7.10. The van der Waals surface area contributed by atoms with Crippen LogP contribution >= 0.6 is 0 Å². The topological polar surface area (TPSA) is 49.3 Å². The van der Waals surface area contributed by atoms with Crippen molar-refractivity contribution in [3.8, 4) is 0 Å². The van der Waals surface area contributed by atoms with Gasteiger partial charge in [0.2, 0.25) is 5.91 Å². The maximum Gasteiger partial charge on any atom is 0.220 e. The lowest BCUT2D eigenvalue weighted by molar-refractivity contribution is -0.121. The van der Waals surface area contributed by atoms with Crippen LogP contribution in [-0.2, 0) is 4.79 Å². The minimum absolute atomic E-state index is 0.0385. The number of aliphatic hydroxyl groups excluding tert-OH is 1. The Morgan fingerprint density at radius 3 is 2.41 bits per heavy atom. The van der Waals surface area contributed by atoms with Crippen molar-refractivity contribution in [2.45, 2.75) is 64.7 Å². The summed E-state index contributed by atoms with van der Waals surface area (Å²) in [6.07, 6.45) is 10.1. The summed E-state index contributed by atoms with van der Waals surface area (Å²) in [4.78, 5) is 11.5. The monoisotopic (exact) mass is 241 g/mol. The van der Waals surface area contributed by atoms with Gasteiger partial charge in [-0.3, -0.25) is 4.79 Å². The summed E-state index contributed by atoms with van der Waals surface area (Å²) in [5, 5.41) is 12.1. The molecule has 17 heavy (non-hydrogen) atoms. The molecule has 0 aromatic carbocycles. The summed E-state index contributed by atoms with van der Waals surface area (Å²) in [6.45, 7) is 3.09. The highest BCUT2D eigenvalue weighted by Crippen LogP contribution is 2.44. The van der Waals surface area contributed by atoms with Crippen LogP contribution in [0.25, 0.3) is 0 Å². The fourth-order valence-electron chi connectivity index (χ4n) is 2.01. The van der Waals surface area contributed by atoms with Gasteiger partial charge in [-0.05, 0) is 19.3 Å². The van der Waals surface area contributed by atoms with Crippen LogP contribution in [-0.4, -0.2) is 24.2 Å². The quantitative estimate of drug-likeness (QED) is 0.578. The Labute approximate surface area is 105 Å². The van der Waals surface area contributed by atoms with Gasteiger partial charge >= 0.3 is 0 Å². The molecule has 0 aromatic rings. The van der Waals surface area contributed by atoms with Gasteiger partial charge in [0.1, 0.15) is 0 Å². The highest BCUT2D eigenvalue weighted by Gasteiger charge is 2.41. The second-order valence-corrected chi connectivity index (χ2v) is 5.45. The minimum Gasteiger partial charge on any atom is -0.396 e.